The topological polar surface area (TPSA) is 57.5 Å². The normalized spacial score (nSPS) is 9.90. The van der Waals surface area contributed by atoms with Crippen molar-refractivity contribution in [1.82, 2.24) is 0 Å². The zero-order valence-electron chi connectivity index (χ0n) is 15.8. The number of aliphatic hydroxyl groups is 2. The van der Waals surface area contributed by atoms with Gasteiger partial charge in [0.25, 0.3) is 0 Å². The van der Waals surface area contributed by atoms with E-state index in [0.29, 0.717) is 24.7 Å². The molecule has 0 aromatic rings. The standard InChI is InChI=1S/2C4H10O.2C4H9.O.Zr/c2*1-4(2,3)5;2*1-4(2)3;;/h2*5H,1-3H3;2*1-3H3;;/q;;2*-1;;+2. The Kier molecular flexibility index (Phi) is 31.9. The van der Waals surface area contributed by atoms with Gasteiger partial charge in [0.1, 0.15) is 0 Å². The molecule has 4 heteroatoms. The van der Waals surface area contributed by atoms with E-state index in [4.69, 9.17) is 13.0 Å². The second kappa shape index (κ2) is 19.6. The Hall–Kier alpha value is 0.603. The van der Waals surface area contributed by atoms with Crippen LogP contribution in [0.15, 0.2) is 0 Å². The quantitative estimate of drug-likeness (QED) is 0.610. The van der Waals surface area contributed by atoms with Gasteiger partial charge in [-0.05, 0) is 41.5 Å². The molecule has 2 N–H and O–H groups in total. The molecule has 0 unspecified atom stereocenters. The predicted molar refractivity (Wildman–Crippen MR) is 85.2 cm³/mol. The molecule has 0 aliphatic rings. The molecule has 0 fully saturated rings. The molecule has 0 heterocycles. The van der Waals surface area contributed by atoms with Crippen molar-refractivity contribution in [3.8, 4) is 0 Å². The molecule has 20 heavy (non-hydrogen) atoms. The Morgan fingerprint density at radius 2 is 0.600 bits per heavy atom. The fourth-order valence-electron chi connectivity index (χ4n) is 0. The molecule has 0 aliphatic heterocycles. The molecule has 0 aromatic heterocycles. The third-order valence-electron chi connectivity index (χ3n) is 0. The maximum absolute atomic E-state index is 8.52. The summed E-state index contributed by atoms with van der Waals surface area (Å²) in [4.78, 5) is 0. The fourth-order valence-corrected chi connectivity index (χ4v) is 0. The molecular formula is C16H38O3Zr. The molecule has 0 radical (unpaired) electrons. The Bertz CT molecular complexity index is 121. The SMILES string of the molecule is CC(C)(C)O.CC(C)(C)O.C[C-](C)C.C[C-](C)C.[O]=[Zr+2]. The number of hydrogen-bond acceptors (Lipinski definition) is 3. The van der Waals surface area contributed by atoms with Crippen LogP contribution in [0.1, 0.15) is 83.1 Å². The van der Waals surface area contributed by atoms with Gasteiger partial charge in [-0.25, -0.2) is 0 Å². The van der Waals surface area contributed by atoms with Crippen LogP contribution in [0, 0.1) is 11.8 Å². The van der Waals surface area contributed by atoms with E-state index in [1.54, 1.807) is 41.5 Å². The summed E-state index contributed by atoms with van der Waals surface area (Å²) in [7, 11) is 0. The minimum absolute atomic E-state index is 0.300. The molecule has 124 valence electrons. The van der Waals surface area contributed by atoms with Crippen molar-refractivity contribution in [2.45, 2.75) is 94.3 Å². The van der Waals surface area contributed by atoms with Crippen molar-refractivity contribution >= 4 is 0 Å². The first-order valence-electron chi connectivity index (χ1n) is 6.65. The summed E-state index contributed by atoms with van der Waals surface area (Å²) in [5, 5.41) is 17.0. The van der Waals surface area contributed by atoms with Crippen LogP contribution >= 0.6 is 0 Å². The molecule has 0 amide bonds. The van der Waals surface area contributed by atoms with Gasteiger partial charge in [-0.15, -0.1) is 0 Å². The zero-order valence-corrected chi connectivity index (χ0v) is 18.3. The van der Waals surface area contributed by atoms with Gasteiger partial charge >= 0.3 is 27.5 Å². The molecule has 0 saturated heterocycles. The van der Waals surface area contributed by atoms with Gasteiger partial charge in [0.15, 0.2) is 0 Å². The van der Waals surface area contributed by atoms with Crippen LogP contribution < -0.4 is 0 Å². The minimum atomic E-state index is -0.500. The first-order chi connectivity index (χ1) is 8.46. The van der Waals surface area contributed by atoms with Crippen molar-refractivity contribution in [3.05, 3.63) is 11.8 Å². The molecule has 3 nitrogen and oxygen atoms in total. The fraction of sp³-hybridized carbons (Fsp3) is 0.875. The Morgan fingerprint density at radius 3 is 0.600 bits per heavy atom. The van der Waals surface area contributed by atoms with E-state index in [9.17, 15) is 0 Å². The van der Waals surface area contributed by atoms with Gasteiger partial charge in [-0.2, -0.15) is 41.5 Å². The molecular weight excluding hydrogens is 331 g/mol. The first-order valence-corrected chi connectivity index (χ1v) is 7.65. The average Bonchev–Trinajstić information content (AvgIpc) is 1.96. The second-order valence-electron chi connectivity index (χ2n) is 7.34. The third kappa shape index (κ3) is 15800. The van der Waals surface area contributed by atoms with E-state index in [0.717, 1.165) is 0 Å². The summed E-state index contributed by atoms with van der Waals surface area (Å²) in [5.74, 6) is 2.83. The second-order valence-corrected chi connectivity index (χ2v) is 7.34. The summed E-state index contributed by atoms with van der Waals surface area (Å²) >= 11 is 0.300. The van der Waals surface area contributed by atoms with Gasteiger partial charge in [0.05, 0.1) is 11.2 Å². The molecule has 0 rings (SSSR count). The van der Waals surface area contributed by atoms with E-state index in [-0.39, 0.29) is 0 Å². The number of hydrogen-bond donors (Lipinski definition) is 2. The van der Waals surface area contributed by atoms with E-state index < -0.39 is 11.2 Å². The van der Waals surface area contributed by atoms with Crippen molar-refractivity contribution in [2.75, 3.05) is 0 Å². The van der Waals surface area contributed by atoms with Crippen molar-refractivity contribution in [1.29, 1.82) is 0 Å². The molecule has 0 atom stereocenters. The van der Waals surface area contributed by atoms with Gasteiger partial charge in [0, 0.05) is 0 Å². The van der Waals surface area contributed by atoms with Gasteiger partial charge in [-0.1, -0.05) is 0 Å². The van der Waals surface area contributed by atoms with Crippen LogP contribution in [0.2, 0.25) is 0 Å². The van der Waals surface area contributed by atoms with Crippen molar-refractivity contribution < 1.29 is 37.7 Å². The van der Waals surface area contributed by atoms with Gasteiger partial charge < -0.3 is 22.0 Å². The van der Waals surface area contributed by atoms with Crippen molar-refractivity contribution in [2.24, 2.45) is 0 Å². The van der Waals surface area contributed by atoms with E-state index in [1.807, 2.05) is 0 Å². The summed E-state index contributed by atoms with van der Waals surface area (Å²) < 4.78 is 8.34. The van der Waals surface area contributed by atoms with E-state index in [1.165, 1.54) is 11.8 Å². The molecule has 0 aromatic carbocycles. The summed E-state index contributed by atoms with van der Waals surface area (Å²) in [6.07, 6.45) is 0. The third-order valence-corrected chi connectivity index (χ3v) is 0. The van der Waals surface area contributed by atoms with Crippen LogP contribution in [0.25, 0.3) is 0 Å². The van der Waals surface area contributed by atoms with Crippen LogP contribution in [0.4, 0.5) is 0 Å². The summed E-state index contributed by atoms with van der Waals surface area (Å²) in [6.45, 7) is 23.0. The summed E-state index contributed by atoms with van der Waals surface area (Å²) in [5.41, 5.74) is -1.00. The van der Waals surface area contributed by atoms with Gasteiger partial charge in [0.2, 0.25) is 0 Å². The van der Waals surface area contributed by atoms with E-state index >= 15 is 0 Å². The molecule has 0 saturated carbocycles. The first kappa shape index (κ1) is 32.5. The Balaban J connectivity index is -0.0000000482. The molecule has 0 aliphatic carbocycles. The van der Waals surface area contributed by atoms with Crippen LogP contribution in [-0.2, 0) is 27.5 Å². The molecule has 0 spiro atoms. The van der Waals surface area contributed by atoms with Gasteiger partial charge in [-0.3, -0.25) is 0 Å². The van der Waals surface area contributed by atoms with Crippen molar-refractivity contribution in [3.63, 3.8) is 0 Å². The Morgan fingerprint density at radius 1 is 0.600 bits per heavy atom. The predicted octanol–water partition coefficient (Wildman–Crippen LogP) is 4.67. The average molecular weight is 370 g/mol. The van der Waals surface area contributed by atoms with Crippen LogP contribution in [0.3, 0.4) is 0 Å². The summed E-state index contributed by atoms with van der Waals surface area (Å²) in [6, 6.07) is 0. The maximum atomic E-state index is 8.52. The van der Waals surface area contributed by atoms with Crippen LogP contribution in [0.5, 0.6) is 0 Å². The zero-order chi connectivity index (χ0) is 18.2. The number of rotatable bonds is 0. The Labute approximate surface area is 143 Å². The molecule has 0 bridgehead atoms. The van der Waals surface area contributed by atoms with Crippen LogP contribution in [-0.4, -0.2) is 21.4 Å². The van der Waals surface area contributed by atoms with E-state index in [2.05, 4.69) is 41.5 Å². The monoisotopic (exact) mass is 368 g/mol.